The Morgan fingerprint density at radius 3 is 2.21 bits per heavy atom. The van der Waals surface area contributed by atoms with Crippen LogP contribution in [0.4, 0.5) is 0 Å². The Morgan fingerprint density at radius 2 is 1.50 bits per heavy atom. The van der Waals surface area contributed by atoms with Gasteiger partial charge in [0, 0.05) is 6.07 Å². The summed E-state index contributed by atoms with van der Waals surface area (Å²) in [6.45, 7) is 0.898. The van der Waals surface area contributed by atoms with E-state index in [9.17, 15) is 0 Å². The molecule has 2 aromatic carbocycles. The molecule has 121 valence electrons. The molecule has 4 nitrogen and oxygen atoms in total. The number of ether oxygens (including phenoxy) is 3. The zero-order chi connectivity index (χ0) is 16.6. The highest BCUT2D eigenvalue weighted by Crippen LogP contribution is 2.27. The molecule has 3 rings (SSSR count). The Balaban J connectivity index is 1.63. The van der Waals surface area contributed by atoms with Gasteiger partial charge in [-0.3, -0.25) is 4.98 Å². The second-order valence-electron chi connectivity index (χ2n) is 5.17. The van der Waals surface area contributed by atoms with Crippen molar-refractivity contribution in [2.24, 2.45) is 0 Å². The lowest BCUT2D eigenvalue weighted by Crippen LogP contribution is -2.01. The Kier molecular flexibility index (Phi) is 5.30. The third kappa shape index (κ3) is 4.26. The first-order valence-electron chi connectivity index (χ1n) is 7.63. The summed E-state index contributed by atoms with van der Waals surface area (Å²) in [6, 6.07) is 19.4. The highest BCUT2D eigenvalue weighted by atomic mass is 16.5. The quantitative estimate of drug-likeness (QED) is 0.658. The van der Waals surface area contributed by atoms with E-state index in [1.807, 2.05) is 54.6 Å². The summed E-state index contributed by atoms with van der Waals surface area (Å²) >= 11 is 0. The minimum Gasteiger partial charge on any atom is -0.497 e. The van der Waals surface area contributed by atoms with Gasteiger partial charge in [0.1, 0.15) is 19.0 Å². The molecule has 0 aliphatic carbocycles. The van der Waals surface area contributed by atoms with E-state index < -0.39 is 0 Å². The molecule has 0 bridgehead atoms. The van der Waals surface area contributed by atoms with Crippen LogP contribution in [0.1, 0.15) is 11.1 Å². The van der Waals surface area contributed by atoms with Gasteiger partial charge in [-0.05, 0) is 23.3 Å². The van der Waals surface area contributed by atoms with Gasteiger partial charge in [0.05, 0.1) is 19.5 Å². The van der Waals surface area contributed by atoms with E-state index in [1.54, 1.807) is 19.4 Å². The van der Waals surface area contributed by atoms with Crippen LogP contribution in [0.3, 0.4) is 0 Å². The van der Waals surface area contributed by atoms with Crippen LogP contribution in [0, 0.1) is 6.20 Å². The summed E-state index contributed by atoms with van der Waals surface area (Å²) in [5, 5.41) is 0. The Labute approximate surface area is 141 Å². The molecule has 0 aliphatic heterocycles. The van der Waals surface area contributed by atoms with Crippen LogP contribution < -0.4 is 14.2 Å². The molecule has 3 aromatic rings. The lowest BCUT2D eigenvalue weighted by atomic mass is 10.2. The van der Waals surface area contributed by atoms with Gasteiger partial charge in [0.25, 0.3) is 0 Å². The van der Waals surface area contributed by atoms with Crippen molar-refractivity contribution in [2.75, 3.05) is 7.11 Å². The second kappa shape index (κ2) is 8.02. The summed E-state index contributed by atoms with van der Waals surface area (Å²) in [5.41, 5.74) is 2.13. The van der Waals surface area contributed by atoms with Crippen molar-refractivity contribution in [1.29, 1.82) is 0 Å². The van der Waals surface area contributed by atoms with Gasteiger partial charge in [0.15, 0.2) is 11.5 Å². The normalized spacial score (nSPS) is 10.2. The predicted molar refractivity (Wildman–Crippen MR) is 91.2 cm³/mol. The van der Waals surface area contributed by atoms with Gasteiger partial charge < -0.3 is 14.2 Å². The van der Waals surface area contributed by atoms with Crippen LogP contribution in [-0.2, 0) is 13.2 Å². The number of methoxy groups -OCH3 is 1. The summed E-state index contributed by atoms with van der Waals surface area (Å²) < 4.78 is 16.8. The van der Waals surface area contributed by atoms with E-state index in [2.05, 4.69) is 11.2 Å². The van der Waals surface area contributed by atoms with Crippen LogP contribution in [0.25, 0.3) is 0 Å². The van der Waals surface area contributed by atoms with Gasteiger partial charge in [-0.1, -0.05) is 42.5 Å². The van der Waals surface area contributed by atoms with Crippen LogP contribution >= 0.6 is 0 Å². The lowest BCUT2D eigenvalue weighted by Gasteiger charge is -2.12. The number of hydrogen-bond donors (Lipinski definition) is 0. The molecule has 0 aliphatic rings. The second-order valence-corrected chi connectivity index (χ2v) is 5.17. The highest BCUT2D eigenvalue weighted by molar-refractivity contribution is 5.37. The first-order valence-corrected chi connectivity index (χ1v) is 7.63. The molecule has 24 heavy (non-hydrogen) atoms. The van der Waals surface area contributed by atoms with E-state index in [4.69, 9.17) is 14.2 Å². The van der Waals surface area contributed by atoms with Gasteiger partial charge in [0.2, 0.25) is 0 Å². The fraction of sp³-hybridized carbons (Fsp3) is 0.150. The summed E-state index contributed by atoms with van der Waals surface area (Å²) in [7, 11) is 1.65. The molecular weight excluding hydrogens is 302 g/mol. The first kappa shape index (κ1) is 15.9. The van der Waals surface area contributed by atoms with Crippen LogP contribution in [0.15, 0.2) is 66.9 Å². The molecule has 0 saturated heterocycles. The topological polar surface area (TPSA) is 40.6 Å². The molecular formula is C20H18NO3. The monoisotopic (exact) mass is 320 g/mol. The zero-order valence-electron chi connectivity index (χ0n) is 13.4. The van der Waals surface area contributed by atoms with E-state index in [-0.39, 0.29) is 0 Å². The number of benzene rings is 2. The van der Waals surface area contributed by atoms with Gasteiger partial charge in [-0.25, -0.2) is 0 Å². The van der Waals surface area contributed by atoms with Gasteiger partial charge >= 0.3 is 0 Å². The average molecular weight is 320 g/mol. The lowest BCUT2D eigenvalue weighted by molar-refractivity contribution is 0.254. The van der Waals surface area contributed by atoms with Crippen molar-refractivity contribution in [3.05, 3.63) is 84.2 Å². The van der Waals surface area contributed by atoms with E-state index >= 15 is 0 Å². The molecule has 0 fully saturated rings. The van der Waals surface area contributed by atoms with Crippen molar-refractivity contribution in [1.82, 2.24) is 4.98 Å². The molecule has 4 heteroatoms. The zero-order valence-corrected chi connectivity index (χ0v) is 13.4. The molecule has 0 N–H and O–H groups in total. The molecule has 0 saturated carbocycles. The summed E-state index contributed by atoms with van der Waals surface area (Å²) in [4.78, 5) is 3.99. The van der Waals surface area contributed by atoms with E-state index in [1.165, 1.54) is 0 Å². The fourth-order valence-electron chi connectivity index (χ4n) is 2.17. The maximum atomic E-state index is 5.84. The third-order valence-corrected chi connectivity index (χ3v) is 3.49. The van der Waals surface area contributed by atoms with Crippen LogP contribution in [0.2, 0.25) is 0 Å². The number of pyridine rings is 1. The minimum atomic E-state index is 0.428. The molecule has 0 amide bonds. The van der Waals surface area contributed by atoms with Crippen molar-refractivity contribution >= 4 is 0 Å². The van der Waals surface area contributed by atoms with Gasteiger partial charge in [-0.2, -0.15) is 0 Å². The number of nitrogens with zero attached hydrogens (tertiary/aromatic N) is 1. The SMILES string of the molecule is COc1ccc(COc2cn[c]cc2OCc2ccccc2)cc1. The van der Waals surface area contributed by atoms with Gasteiger partial charge in [-0.15, -0.1) is 0 Å². The van der Waals surface area contributed by atoms with Crippen LogP contribution in [-0.4, -0.2) is 12.1 Å². The standard InChI is InChI=1S/C20H18NO3/c1-22-18-9-7-17(8-10-18)15-24-20-13-21-12-11-19(20)23-14-16-5-3-2-4-6-16/h2-11,13H,14-15H2,1H3. The number of aromatic nitrogens is 1. The molecule has 0 unspecified atom stereocenters. The fourth-order valence-corrected chi connectivity index (χ4v) is 2.17. The smallest absolute Gasteiger partial charge is 0.179 e. The van der Waals surface area contributed by atoms with Crippen molar-refractivity contribution < 1.29 is 14.2 Å². The molecule has 1 aromatic heterocycles. The molecule has 0 atom stereocenters. The molecule has 1 heterocycles. The number of rotatable bonds is 7. The molecule has 1 radical (unpaired) electrons. The Hall–Kier alpha value is -3.01. The summed E-state index contributed by atoms with van der Waals surface area (Å²) in [6.07, 6.45) is 4.39. The predicted octanol–water partition coefficient (Wildman–Crippen LogP) is 4.05. The maximum Gasteiger partial charge on any atom is 0.179 e. The maximum absolute atomic E-state index is 5.84. The third-order valence-electron chi connectivity index (χ3n) is 3.49. The minimum absolute atomic E-state index is 0.428. The van der Waals surface area contributed by atoms with Crippen molar-refractivity contribution in [3.8, 4) is 17.2 Å². The van der Waals surface area contributed by atoms with E-state index in [0.717, 1.165) is 16.9 Å². The largest absolute Gasteiger partial charge is 0.497 e. The Morgan fingerprint density at radius 1 is 0.833 bits per heavy atom. The Bertz CT molecular complexity index is 757. The van der Waals surface area contributed by atoms with Crippen LogP contribution in [0.5, 0.6) is 17.2 Å². The van der Waals surface area contributed by atoms with Crippen molar-refractivity contribution in [3.63, 3.8) is 0 Å². The average Bonchev–Trinajstić information content (AvgIpc) is 2.66. The summed E-state index contributed by atoms with van der Waals surface area (Å²) in [5.74, 6) is 2.05. The first-order chi connectivity index (χ1) is 11.8. The molecule has 0 spiro atoms. The van der Waals surface area contributed by atoms with Crippen molar-refractivity contribution in [2.45, 2.75) is 13.2 Å². The highest BCUT2D eigenvalue weighted by Gasteiger charge is 2.06. The number of hydrogen-bond acceptors (Lipinski definition) is 4. The van der Waals surface area contributed by atoms with E-state index in [0.29, 0.717) is 24.7 Å².